The number of amides is 2. The Bertz CT molecular complexity index is 1370. The van der Waals surface area contributed by atoms with Crippen molar-refractivity contribution in [2.75, 3.05) is 34.0 Å². The van der Waals surface area contributed by atoms with Crippen LogP contribution in [0.4, 0.5) is 4.79 Å². The van der Waals surface area contributed by atoms with Crippen molar-refractivity contribution in [2.45, 2.75) is 26.1 Å². The Hall–Kier alpha value is -4.16. The SMILES string of the molecule is C#CCOc1c(/C=N/N[C@H](O)COc2ccc([C@@H]3NC(=O)NC(C)=C3C(=O)OC)cc2OCC)cc(I)cc1OC. The third-order valence-electron chi connectivity index (χ3n) is 5.67. The topological polar surface area (TPSA) is 149 Å². The molecule has 41 heavy (non-hydrogen) atoms. The lowest BCUT2D eigenvalue weighted by molar-refractivity contribution is -0.136. The van der Waals surface area contributed by atoms with Gasteiger partial charge in [-0.05, 0) is 66.3 Å². The highest BCUT2D eigenvalue weighted by Gasteiger charge is 2.32. The number of carbonyl (C=O) groups is 2. The highest BCUT2D eigenvalue weighted by Crippen LogP contribution is 2.35. The van der Waals surface area contributed by atoms with Gasteiger partial charge in [0.1, 0.15) is 13.2 Å². The molecule has 218 valence electrons. The molecule has 2 amide bonds. The number of halogens is 1. The van der Waals surface area contributed by atoms with Crippen LogP contribution in [0.1, 0.15) is 31.0 Å². The van der Waals surface area contributed by atoms with Gasteiger partial charge in [-0.25, -0.2) is 9.59 Å². The van der Waals surface area contributed by atoms with E-state index in [1.807, 2.05) is 6.07 Å². The molecule has 1 aliphatic heterocycles. The summed E-state index contributed by atoms with van der Waals surface area (Å²) in [5.41, 5.74) is 4.42. The van der Waals surface area contributed by atoms with Gasteiger partial charge in [0.15, 0.2) is 29.2 Å². The van der Waals surface area contributed by atoms with Crippen LogP contribution < -0.4 is 35.0 Å². The van der Waals surface area contributed by atoms with Gasteiger partial charge >= 0.3 is 12.0 Å². The first-order valence-electron chi connectivity index (χ1n) is 12.4. The van der Waals surface area contributed by atoms with Gasteiger partial charge < -0.3 is 39.4 Å². The maximum atomic E-state index is 12.4. The summed E-state index contributed by atoms with van der Waals surface area (Å²) in [6.45, 7) is 3.62. The highest BCUT2D eigenvalue weighted by molar-refractivity contribution is 14.1. The van der Waals surface area contributed by atoms with Gasteiger partial charge in [-0.1, -0.05) is 12.0 Å². The molecular formula is C28H31IN4O8. The lowest BCUT2D eigenvalue weighted by Gasteiger charge is -2.28. The molecule has 1 heterocycles. The fourth-order valence-electron chi connectivity index (χ4n) is 3.92. The molecule has 0 aromatic heterocycles. The molecule has 3 rings (SSSR count). The number of rotatable bonds is 13. The van der Waals surface area contributed by atoms with E-state index >= 15 is 0 Å². The minimum atomic E-state index is -1.18. The number of methoxy groups -OCH3 is 2. The largest absolute Gasteiger partial charge is 0.493 e. The molecule has 0 saturated heterocycles. The Balaban J connectivity index is 1.73. The summed E-state index contributed by atoms with van der Waals surface area (Å²) >= 11 is 2.14. The average molecular weight is 678 g/mol. The summed E-state index contributed by atoms with van der Waals surface area (Å²) in [4.78, 5) is 24.5. The minimum absolute atomic E-state index is 0.0482. The van der Waals surface area contributed by atoms with Crippen LogP contribution in [0.25, 0.3) is 0 Å². The number of aliphatic hydroxyl groups excluding tert-OH is 1. The zero-order valence-electron chi connectivity index (χ0n) is 22.9. The molecular weight excluding hydrogens is 647 g/mol. The predicted molar refractivity (Wildman–Crippen MR) is 159 cm³/mol. The molecule has 0 bridgehead atoms. The second kappa shape index (κ2) is 15.0. The van der Waals surface area contributed by atoms with Gasteiger partial charge in [0.25, 0.3) is 0 Å². The summed E-state index contributed by atoms with van der Waals surface area (Å²) < 4.78 is 28.3. The average Bonchev–Trinajstić information content (AvgIpc) is 2.95. The van der Waals surface area contributed by atoms with Crippen molar-refractivity contribution in [3.05, 3.63) is 56.3 Å². The van der Waals surface area contributed by atoms with Crippen LogP contribution in [0.15, 0.2) is 46.7 Å². The Morgan fingerprint density at radius 2 is 2.00 bits per heavy atom. The van der Waals surface area contributed by atoms with E-state index in [9.17, 15) is 14.7 Å². The smallest absolute Gasteiger partial charge is 0.337 e. The number of allylic oxidation sites excluding steroid dienone is 1. The third-order valence-corrected chi connectivity index (χ3v) is 6.29. The van der Waals surface area contributed by atoms with Crippen LogP contribution in [0, 0.1) is 15.9 Å². The first-order chi connectivity index (χ1) is 19.7. The van der Waals surface area contributed by atoms with Crippen molar-refractivity contribution < 1.29 is 38.4 Å². The van der Waals surface area contributed by atoms with Crippen molar-refractivity contribution >= 4 is 40.8 Å². The molecule has 0 spiro atoms. The van der Waals surface area contributed by atoms with Gasteiger partial charge in [0.05, 0.1) is 38.7 Å². The van der Waals surface area contributed by atoms with Crippen molar-refractivity contribution in [1.29, 1.82) is 0 Å². The molecule has 0 saturated carbocycles. The third kappa shape index (κ3) is 8.18. The van der Waals surface area contributed by atoms with Gasteiger partial charge in [0.2, 0.25) is 0 Å². The van der Waals surface area contributed by atoms with Gasteiger partial charge in [0, 0.05) is 14.8 Å². The second-order valence-corrected chi connectivity index (χ2v) is 9.68. The first kappa shape index (κ1) is 31.4. The summed E-state index contributed by atoms with van der Waals surface area (Å²) in [6.07, 6.45) is 5.61. The van der Waals surface area contributed by atoms with Crippen molar-refractivity contribution in [3.8, 4) is 35.3 Å². The van der Waals surface area contributed by atoms with Crippen LogP contribution in [0.5, 0.6) is 23.0 Å². The number of esters is 1. The zero-order chi connectivity index (χ0) is 29.9. The van der Waals surface area contributed by atoms with E-state index in [0.29, 0.717) is 46.4 Å². The van der Waals surface area contributed by atoms with E-state index < -0.39 is 24.3 Å². The van der Waals surface area contributed by atoms with Gasteiger partial charge in [-0.2, -0.15) is 5.10 Å². The first-order valence-corrected chi connectivity index (χ1v) is 13.5. The number of ether oxygens (including phenoxy) is 5. The van der Waals surface area contributed by atoms with E-state index in [4.69, 9.17) is 30.1 Å². The molecule has 1 aliphatic rings. The molecule has 0 aliphatic carbocycles. The molecule has 2 aromatic rings. The summed E-state index contributed by atoms with van der Waals surface area (Å²) in [6, 6.07) is 7.38. The van der Waals surface area contributed by atoms with Crippen LogP contribution in [0.3, 0.4) is 0 Å². The molecule has 4 N–H and O–H groups in total. The standard InChI is InChI=1S/C28H31IN4O8/c1-6-10-40-26-18(11-19(29)13-22(26)37-4)14-30-33-23(34)15-41-20-9-8-17(12-21(20)39-7-2)25-24(27(35)38-5)16(3)31-28(36)32-25/h1,8-9,11-14,23,25,33-34H,7,10,15H2,2-5H3,(H2,31,32,36)/b30-14+/t23-,25+/m1/s1. The normalized spacial score (nSPS) is 15.3. The summed E-state index contributed by atoms with van der Waals surface area (Å²) in [7, 11) is 2.79. The number of hydrogen-bond acceptors (Lipinski definition) is 10. The number of benzene rings is 2. The lowest BCUT2D eigenvalue weighted by Crippen LogP contribution is -2.45. The number of nitrogens with zero attached hydrogens (tertiary/aromatic N) is 1. The Labute approximate surface area is 251 Å². The van der Waals surface area contributed by atoms with Crippen molar-refractivity contribution in [1.82, 2.24) is 16.1 Å². The van der Waals surface area contributed by atoms with Crippen LogP contribution >= 0.6 is 22.6 Å². The minimum Gasteiger partial charge on any atom is -0.493 e. The summed E-state index contributed by atoms with van der Waals surface area (Å²) in [5, 5.41) is 19.8. The van der Waals surface area contributed by atoms with Crippen LogP contribution in [0.2, 0.25) is 0 Å². The van der Waals surface area contributed by atoms with E-state index in [-0.39, 0.29) is 18.8 Å². The maximum absolute atomic E-state index is 12.4. The number of aliphatic hydroxyl groups is 1. The fourth-order valence-corrected chi connectivity index (χ4v) is 4.54. The van der Waals surface area contributed by atoms with E-state index in [2.05, 4.69) is 49.7 Å². The van der Waals surface area contributed by atoms with E-state index in [1.54, 1.807) is 38.1 Å². The predicted octanol–water partition coefficient (Wildman–Crippen LogP) is 2.83. The number of carbonyl (C=O) groups excluding carboxylic acids is 2. The number of terminal acetylenes is 1. The number of urea groups is 1. The van der Waals surface area contributed by atoms with E-state index in [1.165, 1.54) is 20.4 Å². The second-order valence-electron chi connectivity index (χ2n) is 8.43. The highest BCUT2D eigenvalue weighted by atomic mass is 127. The molecule has 0 radical (unpaired) electrons. The number of hydrazone groups is 1. The molecule has 13 heteroatoms. The van der Waals surface area contributed by atoms with Gasteiger partial charge in [-0.3, -0.25) is 5.43 Å². The zero-order valence-corrected chi connectivity index (χ0v) is 25.1. The molecule has 2 aromatic carbocycles. The molecule has 0 fully saturated rings. The summed E-state index contributed by atoms with van der Waals surface area (Å²) in [5.74, 6) is 3.46. The van der Waals surface area contributed by atoms with Crippen molar-refractivity contribution in [2.24, 2.45) is 5.10 Å². The van der Waals surface area contributed by atoms with E-state index in [0.717, 1.165) is 3.57 Å². The van der Waals surface area contributed by atoms with Crippen LogP contribution in [-0.4, -0.2) is 63.6 Å². The van der Waals surface area contributed by atoms with Gasteiger partial charge in [-0.15, -0.1) is 6.42 Å². The quantitative estimate of drug-likeness (QED) is 0.0627. The fraction of sp³-hybridized carbons (Fsp3) is 0.321. The maximum Gasteiger partial charge on any atom is 0.337 e. The Morgan fingerprint density at radius 3 is 2.68 bits per heavy atom. The Kier molecular flexibility index (Phi) is 11.5. The lowest BCUT2D eigenvalue weighted by atomic mass is 9.95. The number of nitrogens with one attached hydrogen (secondary N) is 3. The molecule has 12 nitrogen and oxygen atoms in total. The molecule has 0 unspecified atom stereocenters. The van der Waals surface area contributed by atoms with Crippen molar-refractivity contribution in [3.63, 3.8) is 0 Å². The number of hydrogen-bond donors (Lipinski definition) is 4. The van der Waals surface area contributed by atoms with Crippen LogP contribution in [-0.2, 0) is 9.53 Å². The Morgan fingerprint density at radius 1 is 1.22 bits per heavy atom. The monoisotopic (exact) mass is 678 g/mol. The molecule has 2 atom stereocenters.